The summed E-state index contributed by atoms with van der Waals surface area (Å²) in [6.07, 6.45) is 5.91. The second-order valence-corrected chi connectivity index (χ2v) is 6.63. The van der Waals surface area contributed by atoms with Crippen molar-refractivity contribution in [2.45, 2.75) is 44.4 Å². The lowest BCUT2D eigenvalue weighted by molar-refractivity contribution is 0.330. The number of hydrogen-bond acceptors (Lipinski definition) is 3. The van der Waals surface area contributed by atoms with Crippen LogP contribution in [-0.2, 0) is 5.41 Å². The van der Waals surface area contributed by atoms with Crippen molar-refractivity contribution in [2.24, 2.45) is 0 Å². The zero-order valence-electron chi connectivity index (χ0n) is 12.3. The van der Waals surface area contributed by atoms with Crippen LogP contribution in [0.1, 0.15) is 49.2 Å². The molecule has 0 aliphatic heterocycles. The molecule has 2 aromatic rings. The molecule has 110 valence electrons. The summed E-state index contributed by atoms with van der Waals surface area (Å²) in [6, 6.07) is 10.6. The predicted octanol–water partition coefficient (Wildman–Crippen LogP) is 4.38. The lowest BCUT2D eigenvalue weighted by atomic mass is 9.68. The Morgan fingerprint density at radius 1 is 1.05 bits per heavy atom. The van der Waals surface area contributed by atoms with E-state index in [-0.39, 0.29) is 5.41 Å². The Kier molecular flexibility index (Phi) is 3.98. The summed E-state index contributed by atoms with van der Waals surface area (Å²) in [5.41, 5.74) is 8.21. The maximum absolute atomic E-state index is 6.07. The molecule has 1 aliphatic rings. The van der Waals surface area contributed by atoms with E-state index in [1.165, 1.54) is 24.8 Å². The Morgan fingerprint density at radius 2 is 1.71 bits per heavy atom. The zero-order chi connectivity index (χ0) is 14.9. The van der Waals surface area contributed by atoms with Gasteiger partial charge in [-0.1, -0.05) is 49.6 Å². The van der Waals surface area contributed by atoms with Crippen LogP contribution in [0.25, 0.3) is 0 Å². The van der Waals surface area contributed by atoms with Gasteiger partial charge in [0.25, 0.3) is 0 Å². The van der Waals surface area contributed by atoms with Crippen LogP contribution in [0.15, 0.2) is 34.8 Å². The summed E-state index contributed by atoms with van der Waals surface area (Å²) >= 11 is 3.46. The third-order valence-electron chi connectivity index (χ3n) is 4.50. The average Bonchev–Trinajstić information content (AvgIpc) is 2.53. The van der Waals surface area contributed by atoms with E-state index in [4.69, 9.17) is 10.7 Å². The SMILES string of the molecule is Cc1nc(C2(c3ccccc3)CCCCC2)nc(N)c1Br. The molecule has 1 saturated carbocycles. The highest BCUT2D eigenvalue weighted by molar-refractivity contribution is 9.10. The summed E-state index contributed by atoms with van der Waals surface area (Å²) in [7, 11) is 0. The Morgan fingerprint density at radius 3 is 2.33 bits per heavy atom. The van der Waals surface area contributed by atoms with Crippen molar-refractivity contribution < 1.29 is 0 Å². The number of benzene rings is 1. The average molecular weight is 346 g/mol. The van der Waals surface area contributed by atoms with Crippen molar-refractivity contribution in [3.8, 4) is 0 Å². The van der Waals surface area contributed by atoms with Gasteiger partial charge in [-0.3, -0.25) is 0 Å². The molecule has 1 aromatic carbocycles. The van der Waals surface area contributed by atoms with Crippen LogP contribution >= 0.6 is 15.9 Å². The van der Waals surface area contributed by atoms with Crippen molar-refractivity contribution in [3.05, 3.63) is 51.9 Å². The fourth-order valence-corrected chi connectivity index (χ4v) is 3.53. The van der Waals surface area contributed by atoms with E-state index in [1.54, 1.807) is 0 Å². The largest absolute Gasteiger partial charge is 0.383 e. The fraction of sp³-hybridized carbons (Fsp3) is 0.412. The summed E-state index contributed by atoms with van der Waals surface area (Å²) in [6.45, 7) is 1.98. The highest BCUT2D eigenvalue weighted by Gasteiger charge is 2.38. The molecule has 2 N–H and O–H groups in total. The molecular weight excluding hydrogens is 326 g/mol. The topological polar surface area (TPSA) is 51.8 Å². The van der Waals surface area contributed by atoms with Gasteiger partial charge in [0.1, 0.15) is 11.6 Å². The maximum Gasteiger partial charge on any atom is 0.141 e. The normalized spacial score (nSPS) is 17.6. The van der Waals surface area contributed by atoms with Crippen molar-refractivity contribution >= 4 is 21.7 Å². The van der Waals surface area contributed by atoms with Crippen molar-refractivity contribution in [2.75, 3.05) is 5.73 Å². The lowest BCUT2D eigenvalue weighted by Crippen LogP contribution is -2.33. The molecule has 0 amide bonds. The summed E-state index contributed by atoms with van der Waals surface area (Å²) < 4.78 is 0.810. The molecular formula is C17H20BrN3. The number of halogens is 1. The summed E-state index contributed by atoms with van der Waals surface area (Å²) in [4.78, 5) is 9.39. The standard InChI is InChI=1S/C17H20BrN3/c1-12-14(18)15(19)21-16(20-12)17(10-6-3-7-11-17)13-8-4-2-5-9-13/h2,4-5,8-9H,3,6-7,10-11H2,1H3,(H2,19,20,21). The Labute approximate surface area is 134 Å². The van der Waals surface area contributed by atoms with Crippen molar-refractivity contribution in [1.82, 2.24) is 9.97 Å². The van der Waals surface area contributed by atoms with Crippen LogP contribution < -0.4 is 5.73 Å². The molecule has 0 spiro atoms. The van der Waals surface area contributed by atoms with E-state index in [1.807, 2.05) is 6.92 Å². The number of hydrogen-bond donors (Lipinski definition) is 1. The molecule has 0 bridgehead atoms. The van der Waals surface area contributed by atoms with Gasteiger partial charge in [-0.05, 0) is 41.3 Å². The Balaban J connectivity index is 2.17. The monoisotopic (exact) mass is 345 g/mol. The molecule has 1 aromatic heterocycles. The molecule has 1 aliphatic carbocycles. The first-order valence-electron chi connectivity index (χ1n) is 7.49. The van der Waals surface area contributed by atoms with Gasteiger partial charge in [-0.25, -0.2) is 9.97 Å². The number of nitrogens with two attached hydrogens (primary N) is 1. The molecule has 0 radical (unpaired) electrons. The van der Waals surface area contributed by atoms with Crippen LogP contribution in [0.2, 0.25) is 0 Å². The molecule has 4 heteroatoms. The van der Waals surface area contributed by atoms with E-state index >= 15 is 0 Å². The van der Waals surface area contributed by atoms with Gasteiger partial charge < -0.3 is 5.73 Å². The van der Waals surface area contributed by atoms with E-state index < -0.39 is 0 Å². The van der Waals surface area contributed by atoms with Crippen molar-refractivity contribution in [1.29, 1.82) is 0 Å². The third-order valence-corrected chi connectivity index (χ3v) is 5.48. The number of nitrogens with zero attached hydrogens (tertiary/aromatic N) is 2. The smallest absolute Gasteiger partial charge is 0.141 e. The van der Waals surface area contributed by atoms with Crippen LogP contribution in [0.3, 0.4) is 0 Å². The number of rotatable bonds is 2. The van der Waals surface area contributed by atoms with Gasteiger partial charge >= 0.3 is 0 Å². The number of nitrogen functional groups attached to an aromatic ring is 1. The van der Waals surface area contributed by atoms with E-state index in [9.17, 15) is 0 Å². The third kappa shape index (κ3) is 2.57. The van der Waals surface area contributed by atoms with E-state index in [0.29, 0.717) is 5.82 Å². The second-order valence-electron chi connectivity index (χ2n) is 5.84. The molecule has 0 atom stereocenters. The van der Waals surface area contributed by atoms with Crippen molar-refractivity contribution in [3.63, 3.8) is 0 Å². The van der Waals surface area contributed by atoms with Gasteiger partial charge in [0, 0.05) is 0 Å². The minimum absolute atomic E-state index is 0.0842. The lowest BCUT2D eigenvalue weighted by Gasteiger charge is -2.36. The number of aromatic nitrogens is 2. The molecule has 0 saturated heterocycles. The molecule has 3 rings (SSSR count). The minimum atomic E-state index is -0.0842. The van der Waals surface area contributed by atoms with Gasteiger partial charge in [0.2, 0.25) is 0 Å². The van der Waals surface area contributed by atoms with Gasteiger partial charge in [0.15, 0.2) is 0 Å². The maximum atomic E-state index is 6.07. The predicted molar refractivity (Wildman–Crippen MR) is 89.2 cm³/mol. The number of anilines is 1. The van der Waals surface area contributed by atoms with Crippen LogP contribution in [0.5, 0.6) is 0 Å². The highest BCUT2D eigenvalue weighted by atomic mass is 79.9. The molecule has 21 heavy (non-hydrogen) atoms. The first kappa shape index (κ1) is 14.5. The number of aryl methyl sites for hydroxylation is 1. The zero-order valence-corrected chi connectivity index (χ0v) is 13.9. The van der Waals surface area contributed by atoms with E-state index in [2.05, 4.69) is 51.2 Å². The van der Waals surface area contributed by atoms with E-state index in [0.717, 1.165) is 28.8 Å². The summed E-state index contributed by atoms with van der Waals surface area (Å²) in [5.74, 6) is 1.42. The fourth-order valence-electron chi connectivity index (χ4n) is 3.35. The minimum Gasteiger partial charge on any atom is -0.383 e. The molecule has 0 unspecified atom stereocenters. The first-order valence-corrected chi connectivity index (χ1v) is 8.28. The first-order chi connectivity index (χ1) is 10.1. The quantitative estimate of drug-likeness (QED) is 0.878. The van der Waals surface area contributed by atoms with Crippen LogP contribution in [-0.4, -0.2) is 9.97 Å². The van der Waals surface area contributed by atoms with Crippen LogP contribution in [0, 0.1) is 6.92 Å². The Hall–Kier alpha value is -1.42. The molecule has 1 heterocycles. The highest BCUT2D eigenvalue weighted by Crippen LogP contribution is 2.44. The summed E-state index contributed by atoms with van der Waals surface area (Å²) in [5, 5.41) is 0. The van der Waals surface area contributed by atoms with Crippen LogP contribution in [0.4, 0.5) is 5.82 Å². The van der Waals surface area contributed by atoms with Gasteiger partial charge in [-0.2, -0.15) is 0 Å². The second kappa shape index (κ2) is 5.76. The molecule has 3 nitrogen and oxygen atoms in total. The van der Waals surface area contributed by atoms with Gasteiger partial charge in [-0.15, -0.1) is 0 Å². The molecule has 1 fully saturated rings. The van der Waals surface area contributed by atoms with Gasteiger partial charge in [0.05, 0.1) is 15.6 Å². The Bertz CT molecular complexity index is 611.